The van der Waals surface area contributed by atoms with Crippen LogP contribution in [-0.4, -0.2) is 26.5 Å². The summed E-state index contributed by atoms with van der Waals surface area (Å²) in [7, 11) is 0. The Morgan fingerprint density at radius 2 is 1.84 bits per heavy atom. The highest BCUT2D eigenvalue weighted by Gasteiger charge is 2.30. The van der Waals surface area contributed by atoms with Crippen LogP contribution in [-0.2, 0) is 30.6 Å². The van der Waals surface area contributed by atoms with Gasteiger partial charge in [0.05, 0.1) is 23.5 Å². The van der Waals surface area contributed by atoms with Crippen molar-refractivity contribution in [1.82, 2.24) is 30.6 Å². The van der Waals surface area contributed by atoms with Gasteiger partial charge in [0, 0.05) is 24.1 Å². The minimum atomic E-state index is -4.50. The third kappa shape index (κ3) is 7.43. The maximum absolute atomic E-state index is 12.8. The summed E-state index contributed by atoms with van der Waals surface area (Å²) in [6.07, 6.45) is -3.17. The number of nitrogens with two attached hydrogens (primary N) is 1. The quantitative estimate of drug-likeness (QED) is 0.286. The van der Waals surface area contributed by atoms with E-state index in [1.165, 1.54) is 18.3 Å². The molecule has 3 amide bonds. The third-order valence-corrected chi connectivity index (χ3v) is 5.16. The Morgan fingerprint density at radius 3 is 2.57 bits per heavy atom. The summed E-state index contributed by atoms with van der Waals surface area (Å²) in [4.78, 5) is 45.5. The number of benzene rings is 1. The number of nitrogens with zero attached hydrogens (tertiary/aromatic N) is 3. The summed E-state index contributed by atoms with van der Waals surface area (Å²) in [5.41, 5.74) is 11.2. The normalized spacial score (nSPS) is 11.1. The van der Waals surface area contributed by atoms with Crippen LogP contribution in [0.3, 0.4) is 0 Å². The average Bonchev–Trinajstić information content (AvgIpc) is 2.85. The van der Waals surface area contributed by atoms with Crippen LogP contribution >= 0.6 is 0 Å². The van der Waals surface area contributed by atoms with Crippen molar-refractivity contribution in [1.29, 1.82) is 0 Å². The van der Waals surface area contributed by atoms with Crippen LogP contribution in [0.1, 0.15) is 28.2 Å². The fourth-order valence-corrected chi connectivity index (χ4v) is 3.20. The summed E-state index contributed by atoms with van der Waals surface area (Å²) in [5, 5.41) is 5.02. The molecule has 0 unspecified atom stereocenters. The number of nitrogens with one attached hydrogen (secondary N) is 4. The van der Waals surface area contributed by atoms with Crippen molar-refractivity contribution in [2.45, 2.75) is 39.7 Å². The zero-order valence-electron chi connectivity index (χ0n) is 19.9. The molecule has 11 nitrogen and oxygen atoms in total. The summed E-state index contributed by atoms with van der Waals surface area (Å²) in [6.45, 7) is 2.93. The lowest BCUT2D eigenvalue weighted by molar-refractivity contribution is -0.137. The number of hydrazine groups is 1. The maximum atomic E-state index is 12.8. The van der Waals surface area contributed by atoms with E-state index in [1.807, 2.05) is 0 Å². The highest BCUT2D eigenvalue weighted by atomic mass is 19.4. The smallest absolute Gasteiger partial charge is 0.397 e. The van der Waals surface area contributed by atoms with E-state index < -0.39 is 29.2 Å². The first-order valence-corrected chi connectivity index (χ1v) is 10.9. The standard InChI is InChI=1S/C23H25F3N8O3/c1-13-6-7-17(27)18(31-13)11-28-19(35)12-34-14(2)9-29-20(21(34)36)32-33-22(37)30-10-15-4-3-5-16(8-15)23(24,25)26/h3-9H,10-12,27H2,1-2H3,(H,28,35)(H,29,32)(H2,30,33,37). The second-order valence-electron chi connectivity index (χ2n) is 8.04. The molecule has 196 valence electrons. The second kappa shape index (κ2) is 11.4. The van der Waals surface area contributed by atoms with Gasteiger partial charge in [0.25, 0.3) is 5.56 Å². The molecule has 0 bridgehead atoms. The molecule has 37 heavy (non-hydrogen) atoms. The lowest BCUT2D eigenvalue weighted by Gasteiger charge is -2.14. The number of carbonyl (C=O) groups is 2. The van der Waals surface area contributed by atoms with Gasteiger partial charge in [-0.15, -0.1) is 0 Å². The third-order valence-electron chi connectivity index (χ3n) is 5.16. The Bertz CT molecular complexity index is 1360. The van der Waals surface area contributed by atoms with Crippen LogP contribution in [0.4, 0.5) is 29.5 Å². The van der Waals surface area contributed by atoms with Crippen LogP contribution in [0.2, 0.25) is 0 Å². The Morgan fingerprint density at radius 1 is 1.08 bits per heavy atom. The predicted molar refractivity (Wildman–Crippen MR) is 129 cm³/mol. The Hall–Kier alpha value is -4.62. The van der Waals surface area contributed by atoms with Crippen LogP contribution in [0, 0.1) is 13.8 Å². The van der Waals surface area contributed by atoms with Gasteiger partial charge in [-0.2, -0.15) is 13.2 Å². The minimum Gasteiger partial charge on any atom is -0.397 e. The first kappa shape index (κ1) is 27.0. The monoisotopic (exact) mass is 518 g/mol. The average molecular weight is 519 g/mol. The van der Waals surface area contributed by atoms with Gasteiger partial charge in [-0.25, -0.2) is 9.78 Å². The van der Waals surface area contributed by atoms with E-state index in [9.17, 15) is 27.6 Å². The fraction of sp³-hybridized carbons (Fsp3) is 0.261. The number of pyridine rings is 1. The van der Waals surface area contributed by atoms with Crippen molar-refractivity contribution in [3.63, 3.8) is 0 Å². The zero-order valence-corrected chi connectivity index (χ0v) is 19.9. The largest absolute Gasteiger partial charge is 0.416 e. The molecule has 0 aliphatic carbocycles. The molecule has 14 heteroatoms. The molecule has 0 atom stereocenters. The van der Waals surface area contributed by atoms with Crippen molar-refractivity contribution >= 4 is 23.4 Å². The minimum absolute atomic E-state index is 0.0734. The molecule has 1 aromatic carbocycles. The molecule has 0 radical (unpaired) electrons. The van der Waals surface area contributed by atoms with E-state index in [2.05, 4.69) is 31.5 Å². The van der Waals surface area contributed by atoms with E-state index >= 15 is 0 Å². The van der Waals surface area contributed by atoms with Crippen molar-refractivity contribution in [2.75, 3.05) is 11.2 Å². The number of carbonyl (C=O) groups excluding carboxylic acids is 2. The van der Waals surface area contributed by atoms with Crippen LogP contribution in [0.15, 0.2) is 47.4 Å². The first-order chi connectivity index (χ1) is 17.4. The number of amides is 3. The van der Waals surface area contributed by atoms with Crippen LogP contribution in [0.5, 0.6) is 0 Å². The number of hydrogen-bond donors (Lipinski definition) is 5. The highest BCUT2D eigenvalue weighted by Crippen LogP contribution is 2.29. The number of halogens is 3. The van der Waals surface area contributed by atoms with E-state index in [1.54, 1.807) is 26.0 Å². The van der Waals surface area contributed by atoms with Gasteiger partial charge >= 0.3 is 12.2 Å². The molecule has 3 rings (SSSR count). The Balaban J connectivity index is 1.56. The SMILES string of the molecule is Cc1ccc(N)c(CNC(=O)Cn2c(C)cnc(NNC(=O)NCc3cccc(C(F)(F)F)c3)c2=O)n1. The molecule has 0 aliphatic rings. The number of alkyl halides is 3. The number of anilines is 2. The number of aryl methyl sites for hydroxylation is 2. The van der Waals surface area contributed by atoms with Crippen LogP contribution in [0.25, 0.3) is 0 Å². The predicted octanol–water partition coefficient (Wildman–Crippen LogP) is 2.00. The lowest BCUT2D eigenvalue weighted by atomic mass is 10.1. The fourth-order valence-electron chi connectivity index (χ4n) is 3.20. The van der Waals surface area contributed by atoms with Crippen molar-refractivity contribution < 1.29 is 22.8 Å². The first-order valence-electron chi connectivity index (χ1n) is 10.9. The van der Waals surface area contributed by atoms with Gasteiger partial charge in [-0.05, 0) is 43.7 Å². The second-order valence-corrected chi connectivity index (χ2v) is 8.04. The molecule has 0 saturated carbocycles. The molecule has 0 fully saturated rings. The molecular weight excluding hydrogens is 493 g/mol. The summed E-state index contributed by atoms with van der Waals surface area (Å²) in [5.74, 6) is -0.742. The van der Waals surface area contributed by atoms with Gasteiger partial charge in [0.15, 0.2) is 0 Å². The number of rotatable bonds is 8. The topological polar surface area (TPSA) is 156 Å². The van der Waals surface area contributed by atoms with Gasteiger partial charge < -0.3 is 16.4 Å². The Kier molecular flexibility index (Phi) is 8.32. The number of urea groups is 1. The summed E-state index contributed by atoms with van der Waals surface area (Å²) in [6, 6.07) is 7.12. The number of hydrogen-bond acceptors (Lipinski definition) is 7. The molecule has 0 spiro atoms. The lowest BCUT2D eigenvalue weighted by Crippen LogP contribution is -2.42. The summed E-state index contributed by atoms with van der Waals surface area (Å²) >= 11 is 0. The van der Waals surface area contributed by atoms with E-state index in [-0.39, 0.29) is 31.0 Å². The Labute approximate surface area is 209 Å². The summed E-state index contributed by atoms with van der Waals surface area (Å²) < 4.78 is 39.6. The molecule has 6 N–H and O–H groups in total. The molecule has 3 aromatic rings. The highest BCUT2D eigenvalue weighted by molar-refractivity contribution is 5.76. The number of aromatic nitrogens is 3. The van der Waals surface area contributed by atoms with E-state index in [0.29, 0.717) is 17.1 Å². The van der Waals surface area contributed by atoms with Crippen molar-refractivity contribution in [2.24, 2.45) is 0 Å². The molecular formula is C23H25F3N8O3. The van der Waals surface area contributed by atoms with E-state index in [0.717, 1.165) is 22.4 Å². The van der Waals surface area contributed by atoms with Crippen molar-refractivity contribution in [3.05, 3.63) is 81.2 Å². The molecule has 0 aliphatic heterocycles. The van der Waals surface area contributed by atoms with Gasteiger partial charge in [0.1, 0.15) is 6.54 Å². The molecule has 2 heterocycles. The van der Waals surface area contributed by atoms with Crippen LogP contribution < -0.4 is 32.8 Å². The van der Waals surface area contributed by atoms with Gasteiger partial charge in [-0.1, -0.05) is 12.1 Å². The number of nitrogen functional groups attached to an aromatic ring is 1. The molecule has 0 saturated heterocycles. The van der Waals surface area contributed by atoms with Gasteiger partial charge in [0.2, 0.25) is 11.7 Å². The van der Waals surface area contributed by atoms with Gasteiger partial charge in [-0.3, -0.25) is 30.0 Å². The maximum Gasteiger partial charge on any atom is 0.416 e. The zero-order chi connectivity index (χ0) is 27.2. The molecule has 2 aromatic heterocycles. The van der Waals surface area contributed by atoms with Crippen molar-refractivity contribution in [3.8, 4) is 0 Å². The van der Waals surface area contributed by atoms with E-state index in [4.69, 9.17) is 5.73 Å².